The Balaban J connectivity index is 0.00000300. The van der Waals surface area contributed by atoms with E-state index in [-0.39, 0.29) is 30.1 Å². The topological polar surface area (TPSA) is 76.4 Å². The quantitative estimate of drug-likeness (QED) is 0.292. The zero-order chi connectivity index (χ0) is 19.8. The first kappa shape index (κ1) is 22.7. The van der Waals surface area contributed by atoms with E-state index in [1.54, 1.807) is 18.1 Å². The molecule has 8 heteroatoms. The van der Waals surface area contributed by atoms with E-state index in [1.807, 2.05) is 50.2 Å². The van der Waals surface area contributed by atoms with E-state index >= 15 is 0 Å². The molecule has 0 radical (unpaired) electrons. The molecule has 1 aromatic heterocycles. The number of nitrogens with one attached hydrogen (secondary N) is 2. The van der Waals surface area contributed by atoms with E-state index in [4.69, 9.17) is 4.74 Å². The third-order valence-electron chi connectivity index (χ3n) is 4.28. The summed E-state index contributed by atoms with van der Waals surface area (Å²) in [6, 6.07) is 16.2. The molecule has 0 bridgehead atoms. The van der Waals surface area contributed by atoms with Crippen molar-refractivity contribution >= 4 is 29.9 Å². The average molecular weight is 506 g/mol. The number of aliphatic imine (C=N–C) groups is 1. The van der Waals surface area contributed by atoms with Crippen molar-refractivity contribution < 1.29 is 4.74 Å². The van der Waals surface area contributed by atoms with Gasteiger partial charge >= 0.3 is 0 Å². The van der Waals surface area contributed by atoms with Gasteiger partial charge in [0, 0.05) is 13.6 Å². The molecule has 2 N–H and O–H groups in total. The molecule has 2 aromatic carbocycles. The van der Waals surface area contributed by atoms with Crippen LogP contribution in [0.15, 0.2) is 66.2 Å². The summed E-state index contributed by atoms with van der Waals surface area (Å²) < 4.78 is 7.72. The summed E-state index contributed by atoms with van der Waals surface area (Å²) in [5, 5.41) is 10.8. The highest BCUT2D eigenvalue weighted by Gasteiger charge is 2.07. The van der Waals surface area contributed by atoms with E-state index in [0.717, 1.165) is 28.5 Å². The van der Waals surface area contributed by atoms with E-state index in [2.05, 4.69) is 37.8 Å². The summed E-state index contributed by atoms with van der Waals surface area (Å²) in [5.74, 6) is 1.65. The number of hydrogen-bond donors (Lipinski definition) is 2. The van der Waals surface area contributed by atoms with Crippen molar-refractivity contribution in [1.29, 1.82) is 0 Å². The Labute approximate surface area is 188 Å². The molecule has 3 aromatic rings. The highest BCUT2D eigenvalue weighted by molar-refractivity contribution is 14.0. The fourth-order valence-electron chi connectivity index (χ4n) is 2.70. The van der Waals surface area contributed by atoms with Crippen LogP contribution >= 0.6 is 24.0 Å². The molecule has 154 valence electrons. The van der Waals surface area contributed by atoms with Crippen LogP contribution in [0.3, 0.4) is 0 Å². The van der Waals surface area contributed by atoms with Gasteiger partial charge in [0.15, 0.2) is 5.96 Å². The number of aromatic nitrogens is 3. The van der Waals surface area contributed by atoms with Crippen molar-refractivity contribution in [2.75, 3.05) is 13.6 Å². The van der Waals surface area contributed by atoms with Gasteiger partial charge in [-0.15, -0.1) is 24.0 Å². The minimum Gasteiger partial charge on any atom is -0.489 e. The van der Waals surface area contributed by atoms with Crippen LogP contribution in [0, 0.1) is 6.92 Å². The second kappa shape index (κ2) is 11.4. The van der Waals surface area contributed by atoms with E-state index in [9.17, 15) is 0 Å². The zero-order valence-electron chi connectivity index (χ0n) is 16.9. The van der Waals surface area contributed by atoms with Gasteiger partial charge in [-0.3, -0.25) is 4.99 Å². The Hall–Kier alpha value is -2.62. The number of halogens is 1. The molecule has 0 aliphatic heterocycles. The van der Waals surface area contributed by atoms with Crippen LogP contribution in [0.1, 0.15) is 18.1 Å². The van der Waals surface area contributed by atoms with Crippen LogP contribution in [0.4, 0.5) is 0 Å². The second-order valence-electron chi connectivity index (χ2n) is 6.51. The summed E-state index contributed by atoms with van der Waals surface area (Å²) in [5.41, 5.74) is 3.26. The van der Waals surface area contributed by atoms with E-state index in [0.29, 0.717) is 13.1 Å². The molecule has 0 saturated heterocycles. The highest BCUT2D eigenvalue weighted by atomic mass is 127. The normalized spacial score (nSPS) is 12.0. The molecule has 0 aliphatic rings. The van der Waals surface area contributed by atoms with Crippen molar-refractivity contribution in [1.82, 2.24) is 25.4 Å². The summed E-state index contributed by atoms with van der Waals surface area (Å²) in [6.45, 7) is 5.41. The van der Waals surface area contributed by atoms with Crippen molar-refractivity contribution in [2.24, 2.45) is 4.99 Å². The smallest absolute Gasteiger partial charge is 0.191 e. The lowest BCUT2D eigenvalue weighted by atomic mass is 10.2. The Morgan fingerprint density at radius 1 is 1.14 bits per heavy atom. The molecule has 1 atom stereocenters. The van der Waals surface area contributed by atoms with E-state index < -0.39 is 0 Å². The number of nitrogens with zero attached hydrogens (tertiary/aromatic N) is 4. The molecular weight excluding hydrogens is 479 g/mol. The van der Waals surface area contributed by atoms with Gasteiger partial charge in [-0.05, 0) is 43.2 Å². The Kier molecular flexibility index (Phi) is 8.91. The Morgan fingerprint density at radius 2 is 1.90 bits per heavy atom. The van der Waals surface area contributed by atoms with Crippen molar-refractivity contribution in [3.05, 3.63) is 72.3 Å². The summed E-state index contributed by atoms with van der Waals surface area (Å²) >= 11 is 0. The standard InChI is InChI=1S/C21H26N6O.HI/c1-16-6-4-5-7-20(16)28-17(2)12-24-21(22-3)25-13-18-8-10-19(11-9-18)27-15-23-14-26-27;/h4-11,14-15,17H,12-13H2,1-3H3,(H2,22,24,25);1H. The monoisotopic (exact) mass is 506 g/mol. The number of ether oxygens (including phenoxy) is 1. The van der Waals surface area contributed by atoms with Gasteiger partial charge < -0.3 is 15.4 Å². The maximum Gasteiger partial charge on any atom is 0.191 e. The van der Waals surface area contributed by atoms with Gasteiger partial charge in [0.05, 0.1) is 12.2 Å². The second-order valence-corrected chi connectivity index (χ2v) is 6.51. The summed E-state index contributed by atoms with van der Waals surface area (Å²) in [4.78, 5) is 8.24. The first-order valence-electron chi connectivity index (χ1n) is 9.26. The Bertz CT molecular complexity index is 896. The maximum atomic E-state index is 5.99. The van der Waals surface area contributed by atoms with Crippen molar-refractivity contribution in [3.63, 3.8) is 0 Å². The minimum absolute atomic E-state index is 0. The average Bonchev–Trinajstić information content (AvgIpc) is 3.25. The molecule has 0 spiro atoms. The van der Waals surface area contributed by atoms with Gasteiger partial charge in [-0.2, -0.15) is 5.10 Å². The molecule has 3 rings (SSSR count). The number of guanidine groups is 1. The first-order chi connectivity index (χ1) is 13.7. The highest BCUT2D eigenvalue weighted by Crippen LogP contribution is 2.17. The number of hydrogen-bond acceptors (Lipinski definition) is 4. The molecule has 0 aliphatic carbocycles. The SMILES string of the molecule is CN=C(NCc1ccc(-n2cncn2)cc1)NCC(C)Oc1ccccc1C.I. The number of para-hydroxylation sites is 1. The van der Waals surface area contributed by atoms with Crippen molar-refractivity contribution in [2.45, 2.75) is 26.5 Å². The molecular formula is C21H27IN6O. The molecule has 1 heterocycles. The fraction of sp³-hybridized carbons (Fsp3) is 0.286. The molecule has 1 unspecified atom stereocenters. The molecule has 7 nitrogen and oxygen atoms in total. The van der Waals surface area contributed by atoms with Crippen LogP contribution in [-0.4, -0.2) is 40.4 Å². The predicted molar refractivity (Wildman–Crippen MR) is 126 cm³/mol. The first-order valence-corrected chi connectivity index (χ1v) is 9.26. The van der Waals surface area contributed by atoms with Crippen LogP contribution < -0.4 is 15.4 Å². The molecule has 0 fully saturated rings. The predicted octanol–water partition coefficient (Wildman–Crippen LogP) is 3.33. The number of aryl methyl sites for hydroxylation is 1. The Morgan fingerprint density at radius 3 is 2.55 bits per heavy atom. The summed E-state index contributed by atoms with van der Waals surface area (Å²) in [6.07, 6.45) is 3.22. The summed E-state index contributed by atoms with van der Waals surface area (Å²) in [7, 11) is 1.76. The van der Waals surface area contributed by atoms with Gasteiger partial charge in [-0.25, -0.2) is 9.67 Å². The molecule has 0 saturated carbocycles. The lowest BCUT2D eigenvalue weighted by Crippen LogP contribution is -2.41. The molecule has 29 heavy (non-hydrogen) atoms. The third-order valence-corrected chi connectivity index (χ3v) is 4.28. The van der Waals surface area contributed by atoms with Crippen molar-refractivity contribution in [3.8, 4) is 11.4 Å². The van der Waals surface area contributed by atoms with Gasteiger partial charge in [0.1, 0.15) is 24.5 Å². The zero-order valence-corrected chi connectivity index (χ0v) is 19.2. The van der Waals surface area contributed by atoms with Crippen LogP contribution in [0.25, 0.3) is 5.69 Å². The molecule has 0 amide bonds. The minimum atomic E-state index is 0. The lowest BCUT2D eigenvalue weighted by molar-refractivity contribution is 0.222. The number of benzene rings is 2. The third kappa shape index (κ3) is 6.74. The van der Waals surface area contributed by atoms with Crippen LogP contribution in [0.5, 0.6) is 5.75 Å². The van der Waals surface area contributed by atoms with Crippen LogP contribution in [0.2, 0.25) is 0 Å². The lowest BCUT2D eigenvalue weighted by Gasteiger charge is -2.19. The maximum absolute atomic E-state index is 5.99. The van der Waals surface area contributed by atoms with Crippen LogP contribution in [-0.2, 0) is 6.54 Å². The van der Waals surface area contributed by atoms with E-state index in [1.165, 1.54) is 6.33 Å². The number of rotatable bonds is 7. The van der Waals surface area contributed by atoms with Gasteiger partial charge in [0.2, 0.25) is 0 Å². The largest absolute Gasteiger partial charge is 0.489 e. The van der Waals surface area contributed by atoms with Gasteiger partial charge in [0.25, 0.3) is 0 Å². The fourth-order valence-corrected chi connectivity index (χ4v) is 2.70. The van der Waals surface area contributed by atoms with Gasteiger partial charge in [-0.1, -0.05) is 30.3 Å².